The summed E-state index contributed by atoms with van der Waals surface area (Å²) in [7, 11) is 0. The highest BCUT2D eigenvalue weighted by Crippen LogP contribution is 2.15. The van der Waals surface area contributed by atoms with Crippen molar-refractivity contribution in [1.29, 1.82) is 0 Å². The molecule has 1 N–H and O–H groups in total. The smallest absolute Gasteiger partial charge is 0.271 e. The molecular formula is C13H15N3OS. The number of thiazole rings is 1. The molecule has 2 heterocycles. The van der Waals surface area contributed by atoms with Crippen LogP contribution in [0.1, 0.15) is 39.7 Å². The van der Waals surface area contributed by atoms with Gasteiger partial charge in [-0.25, -0.2) is 4.98 Å². The summed E-state index contributed by atoms with van der Waals surface area (Å²) in [6.07, 6.45) is 1.73. The number of aromatic nitrogens is 2. The highest BCUT2D eigenvalue weighted by atomic mass is 32.1. The number of amides is 1. The van der Waals surface area contributed by atoms with Gasteiger partial charge < -0.3 is 5.32 Å². The van der Waals surface area contributed by atoms with Crippen LogP contribution in [-0.4, -0.2) is 15.9 Å². The lowest BCUT2D eigenvalue weighted by atomic mass is 10.1. The molecule has 2 aromatic heterocycles. The summed E-state index contributed by atoms with van der Waals surface area (Å²) in [5.41, 5.74) is 2.43. The monoisotopic (exact) mass is 261 g/mol. The summed E-state index contributed by atoms with van der Waals surface area (Å²) in [5, 5.41) is 5.57. The molecule has 1 unspecified atom stereocenters. The van der Waals surface area contributed by atoms with Gasteiger partial charge in [-0.15, -0.1) is 11.3 Å². The van der Waals surface area contributed by atoms with Crippen molar-refractivity contribution < 1.29 is 4.79 Å². The summed E-state index contributed by atoms with van der Waals surface area (Å²) in [6, 6.07) is 3.75. The van der Waals surface area contributed by atoms with Gasteiger partial charge in [0.05, 0.1) is 16.7 Å². The zero-order valence-electron chi connectivity index (χ0n) is 10.6. The first kappa shape index (κ1) is 12.7. The molecule has 0 fully saturated rings. The van der Waals surface area contributed by atoms with Gasteiger partial charge in [-0.1, -0.05) is 6.07 Å². The van der Waals surface area contributed by atoms with Gasteiger partial charge in [0.1, 0.15) is 5.69 Å². The first-order valence-corrected chi connectivity index (χ1v) is 6.60. The Kier molecular flexibility index (Phi) is 3.72. The Labute approximate surface area is 110 Å². The van der Waals surface area contributed by atoms with E-state index in [1.165, 1.54) is 11.3 Å². The fourth-order valence-electron chi connectivity index (χ4n) is 1.76. The predicted molar refractivity (Wildman–Crippen MR) is 71.7 cm³/mol. The quantitative estimate of drug-likeness (QED) is 0.924. The van der Waals surface area contributed by atoms with Crippen LogP contribution >= 0.6 is 11.3 Å². The third-order valence-electron chi connectivity index (χ3n) is 2.66. The van der Waals surface area contributed by atoms with Crippen LogP contribution in [-0.2, 0) is 0 Å². The largest absolute Gasteiger partial charge is 0.343 e. The van der Waals surface area contributed by atoms with Gasteiger partial charge in [-0.2, -0.15) is 0 Å². The Hall–Kier alpha value is -1.75. The van der Waals surface area contributed by atoms with E-state index < -0.39 is 0 Å². The van der Waals surface area contributed by atoms with Crippen molar-refractivity contribution in [2.24, 2.45) is 0 Å². The third-order valence-corrected chi connectivity index (χ3v) is 3.43. The van der Waals surface area contributed by atoms with E-state index >= 15 is 0 Å². The molecule has 2 rings (SSSR count). The molecule has 0 aliphatic carbocycles. The van der Waals surface area contributed by atoms with Crippen molar-refractivity contribution in [2.75, 3.05) is 0 Å². The van der Waals surface area contributed by atoms with Crippen LogP contribution in [0.25, 0.3) is 0 Å². The second-order valence-corrected chi connectivity index (χ2v) is 5.21. The molecule has 0 saturated carbocycles. The lowest BCUT2D eigenvalue weighted by Gasteiger charge is -2.14. The molecule has 94 valence electrons. The summed E-state index contributed by atoms with van der Waals surface area (Å²) in [4.78, 5) is 20.4. The number of carbonyl (C=O) groups excluding carboxylic acids is 1. The maximum absolute atomic E-state index is 12.0. The summed E-state index contributed by atoms with van der Waals surface area (Å²) in [5.74, 6) is -0.156. The molecule has 18 heavy (non-hydrogen) atoms. The van der Waals surface area contributed by atoms with Crippen molar-refractivity contribution in [3.63, 3.8) is 0 Å². The molecule has 0 aromatic carbocycles. The molecule has 0 bridgehead atoms. The number of hydrogen-bond donors (Lipinski definition) is 1. The maximum Gasteiger partial charge on any atom is 0.271 e. The van der Waals surface area contributed by atoms with Crippen LogP contribution < -0.4 is 5.32 Å². The average Bonchev–Trinajstić information content (AvgIpc) is 2.76. The van der Waals surface area contributed by atoms with Gasteiger partial charge in [0.2, 0.25) is 0 Å². The molecule has 1 amide bonds. The van der Waals surface area contributed by atoms with Crippen molar-refractivity contribution in [3.8, 4) is 0 Å². The Morgan fingerprint density at radius 1 is 1.44 bits per heavy atom. The molecule has 1 atom stereocenters. The summed E-state index contributed by atoms with van der Waals surface area (Å²) >= 11 is 1.47. The van der Waals surface area contributed by atoms with Crippen molar-refractivity contribution in [3.05, 3.63) is 45.7 Å². The first-order chi connectivity index (χ1) is 8.58. The van der Waals surface area contributed by atoms with Crippen LogP contribution in [0.4, 0.5) is 0 Å². The Morgan fingerprint density at radius 2 is 2.22 bits per heavy atom. The van der Waals surface area contributed by atoms with Crippen LogP contribution in [0.5, 0.6) is 0 Å². The molecule has 0 radical (unpaired) electrons. The van der Waals surface area contributed by atoms with E-state index in [4.69, 9.17) is 0 Å². The molecule has 0 aliphatic heterocycles. The van der Waals surface area contributed by atoms with Gasteiger partial charge >= 0.3 is 0 Å². The first-order valence-electron chi connectivity index (χ1n) is 5.72. The molecule has 0 saturated heterocycles. The Balaban J connectivity index is 2.10. The normalized spacial score (nSPS) is 12.2. The fraction of sp³-hybridized carbons (Fsp3) is 0.308. The lowest BCUT2D eigenvalue weighted by molar-refractivity contribution is 0.0934. The number of rotatable bonds is 3. The molecular weight excluding hydrogens is 246 g/mol. The predicted octanol–water partition coefficient (Wildman–Crippen LogP) is 2.65. The SMILES string of the molecule is Cc1nc(C(=O)NC(C)c2ncccc2C)cs1. The molecule has 0 aliphatic rings. The second kappa shape index (κ2) is 5.27. The van der Waals surface area contributed by atoms with Gasteiger partial charge in [0, 0.05) is 11.6 Å². The van der Waals surface area contributed by atoms with E-state index in [2.05, 4.69) is 15.3 Å². The zero-order chi connectivity index (χ0) is 13.1. The molecule has 4 nitrogen and oxygen atoms in total. The molecule has 2 aromatic rings. The van der Waals surface area contributed by atoms with Crippen molar-refractivity contribution in [2.45, 2.75) is 26.8 Å². The third kappa shape index (κ3) is 2.73. The molecule has 0 spiro atoms. The van der Waals surface area contributed by atoms with E-state index in [0.717, 1.165) is 16.3 Å². The minimum absolute atomic E-state index is 0.124. The molecule has 5 heteroatoms. The van der Waals surface area contributed by atoms with Gasteiger partial charge in [-0.05, 0) is 32.4 Å². The van der Waals surface area contributed by atoms with Crippen LogP contribution in [0.2, 0.25) is 0 Å². The van der Waals surface area contributed by atoms with Crippen molar-refractivity contribution in [1.82, 2.24) is 15.3 Å². The van der Waals surface area contributed by atoms with E-state index in [-0.39, 0.29) is 11.9 Å². The van der Waals surface area contributed by atoms with Gasteiger partial charge in [-0.3, -0.25) is 9.78 Å². The highest BCUT2D eigenvalue weighted by molar-refractivity contribution is 7.09. The van der Waals surface area contributed by atoms with Crippen molar-refractivity contribution >= 4 is 17.2 Å². The number of nitrogens with one attached hydrogen (secondary N) is 1. The van der Waals surface area contributed by atoms with E-state index in [1.54, 1.807) is 11.6 Å². The standard InChI is InChI=1S/C13H15N3OS/c1-8-5-4-6-14-12(8)9(2)15-13(17)11-7-18-10(3)16-11/h4-7,9H,1-3H3,(H,15,17). The minimum atomic E-state index is -0.156. The van der Waals surface area contributed by atoms with Crippen LogP contribution in [0, 0.1) is 13.8 Å². The Bertz CT molecular complexity index is 565. The Morgan fingerprint density at radius 3 is 2.83 bits per heavy atom. The minimum Gasteiger partial charge on any atom is -0.343 e. The number of pyridine rings is 1. The second-order valence-electron chi connectivity index (χ2n) is 4.15. The van der Waals surface area contributed by atoms with Gasteiger partial charge in [0.25, 0.3) is 5.91 Å². The lowest BCUT2D eigenvalue weighted by Crippen LogP contribution is -2.28. The topological polar surface area (TPSA) is 54.9 Å². The zero-order valence-corrected chi connectivity index (χ0v) is 11.4. The number of hydrogen-bond acceptors (Lipinski definition) is 4. The van der Waals surface area contributed by atoms with E-state index in [1.807, 2.05) is 32.9 Å². The number of nitrogens with zero attached hydrogens (tertiary/aromatic N) is 2. The fourth-order valence-corrected chi connectivity index (χ4v) is 2.35. The van der Waals surface area contributed by atoms with Gasteiger partial charge in [0.15, 0.2) is 0 Å². The average molecular weight is 261 g/mol. The highest BCUT2D eigenvalue weighted by Gasteiger charge is 2.15. The number of aryl methyl sites for hydroxylation is 2. The van der Waals surface area contributed by atoms with Crippen LogP contribution in [0.3, 0.4) is 0 Å². The van der Waals surface area contributed by atoms with Crippen LogP contribution in [0.15, 0.2) is 23.7 Å². The summed E-state index contributed by atoms with van der Waals surface area (Å²) in [6.45, 7) is 5.79. The summed E-state index contributed by atoms with van der Waals surface area (Å²) < 4.78 is 0. The number of carbonyl (C=O) groups is 1. The maximum atomic E-state index is 12.0. The van der Waals surface area contributed by atoms with E-state index in [0.29, 0.717) is 5.69 Å². The van der Waals surface area contributed by atoms with E-state index in [9.17, 15) is 4.79 Å².